The van der Waals surface area contributed by atoms with Gasteiger partial charge >= 0.3 is 0 Å². The molecule has 0 aliphatic carbocycles. The normalized spacial score (nSPS) is 19.2. The average Bonchev–Trinajstić information content (AvgIpc) is 3.19. The zero-order valence-corrected chi connectivity index (χ0v) is 14.2. The first-order chi connectivity index (χ1) is 10.4. The van der Waals surface area contributed by atoms with Crippen molar-refractivity contribution in [2.45, 2.75) is 38.8 Å². The molecule has 1 fully saturated rings. The lowest BCUT2D eigenvalue weighted by molar-refractivity contribution is 0.156. The van der Waals surface area contributed by atoms with Crippen molar-refractivity contribution < 1.29 is 0 Å². The van der Waals surface area contributed by atoms with Crippen LogP contribution >= 0.6 is 22.7 Å². The number of nitrogens with one attached hydrogen (secondary N) is 1. The van der Waals surface area contributed by atoms with Gasteiger partial charge in [-0.25, -0.2) is 4.98 Å². The van der Waals surface area contributed by atoms with Gasteiger partial charge in [-0.05, 0) is 43.8 Å². The van der Waals surface area contributed by atoms with Crippen molar-refractivity contribution in [2.24, 2.45) is 0 Å². The molecule has 1 unspecified atom stereocenters. The lowest BCUT2D eigenvalue weighted by atomic mass is 10.1. The summed E-state index contributed by atoms with van der Waals surface area (Å²) in [4.78, 5) is 7.44. The molecule has 1 N–H and O–H groups in total. The van der Waals surface area contributed by atoms with Crippen molar-refractivity contribution in [3.05, 3.63) is 27.9 Å². The summed E-state index contributed by atoms with van der Waals surface area (Å²) >= 11 is 3.50. The predicted molar refractivity (Wildman–Crippen MR) is 92.0 cm³/mol. The topological polar surface area (TPSA) is 28.2 Å². The van der Waals surface area contributed by atoms with Crippen LogP contribution in [0.4, 0.5) is 0 Å². The van der Waals surface area contributed by atoms with Crippen molar-refractivity contribution in [2.75, 3.05) is 19.6 Å². The summed E-state index contributed by atoms with van der Waals surface area (Å²) in [7, 11) is 0. The van der Waals surface area contributed by atoms with Crippen LogP contribution in [0.3, 0.4) is 0 Å². The van der Waals surface area contributed by atoms with Gasteiger partial charge in [0.05, 0.1) is 5.69 Å². The van der Waals surface area contributed by atoms with Gasteiger partial charge < -0.3 is 5.32 Å². The van der Waals surface area contributed by atoms with E-state index in [1.165, 1.54) is 37.1 Å². The molecule has 5 heteroatoms. The van der Waals surface area contributed by atoms with Crippen LogP contribution in [0.25, 0.3) is 10.6 Å². The molecule has 3 nitrogen and oxygen atoms in total. The number of piperidine rings is 1. The number of rotatable bonds is 6. The van der Waals surface area contributed by atoms with E-state index in [1.807, 2.05) is 0 Å². The number of nitrogens with zero attached hydrogens (tertiary/aromatic N) is 2. The first-order valence-corrected chi connectivity index (χ1v) is 9.61. The number of hydrogen-bond donors (Lipinski definition) is 1. The van der Waals surface area contributed by atoms with E-state index in [2.05, 4.69) is 39.3 Å². The molecule has 0 saturated carbocycles. The Morgan fingerprint density at radius 3 is 3.10 bits per heavy atom. The second kappa shape index (κ2) is 7.49. The highest BCUT2D eigenvalue weighted by atomic mass is 32.1. The Labute approximate surface area is 135 Å². The average molecular weight is 322 g/mol. The molecule has 21 heavy (non-hydrogen) atoms. The maximum Gasteiger partial charge on any atom is 0.124 e. The minimum Gasteiger partial charge on any atom is -0.315 e. The van der Waals surface area contributed by atoms with Crippen molar-refractivity contribution in [1.29, 1.82) is 0 Å². The van der Waals surface area contributed by atoms with Gasteiger partial charge in [0, 0.05) is 35.5 Å². The molecule has 1 aliphatic rings. The number of hydrogen-bond acceptors (Lipinski definition) is 5. The largest absolute Gasteiger partial charge is 0.315 e. The van der Waals surface area contributed by atoms with E-state index in [1.54, 1.807) is 22.7 Å². The van der Waals surface area contributed by atoms with Crippen LogP contribution < -0.4 is 5.32 Å². The third-order valence-corrected chi connectivity index (χ3v) is 5.61. The summed E-state index contributed by atoms with van der Waals surface area (Å²) in [5, 5.41) is 11.2. The molecular formula is C16H23N3S2. The molecule has 1 saturated heterocycles. The molecule has 2 aromatic rings. The molecule has 0 spiro atoms. The van der Waals surface area contributed by atoms with Gasteiger partial charge in [-0.3, -0.25) is 4.90 Å². The van der Waals surface area contributed by atoms with E-state index < -0.39 is 0 Å². The molecule has 0 radical (unpaired) electrons. The SMILES string of the molecule is CCCN(Cc1csc(-c2ccsc2)n1)C1CCCNC1. The Kier molecular flexibility index (Phi) is 5.41. The lowest BCUT2D eigenvalue weighted by Crippen LogP contribution is -2.45. The molecule has 3 rings (SSSR count). The monoisotopic (exact) mass is 321 g/mol. The fourth-order valence-electron chi connectivity index (χ4n) is 2.93. The Hall–Kier alpha value is -0.750. The van der Waals surface area contributed by atoms with E-state index in [0.29, 0.717) is 6.04 Å². The number of thiophene rings is 1. The maximum absolute atomic E-state index is 4.83. The van der Waals surface area contributed by atoms with Crippen LogP contribution in [0, 0.1) is 0 Å². The summed E-state index contributed by atoms with van der Waals surface area (Å²) in [6.45, 7) is 6.72. The third-order valence-electron chi connectivity index (χ3n) is 3.98. The fourth-order valence-corrected chi connectivity index (χ4v) is 4.45. The highest BCUT2D eigenvalue weighted by Crippen LogP contribution is 2.26. The zero-order chi connectivity index (χ0) is 14.5. The number of aromatic nitrogens is 1. The quantitative estimate of drug-likeness (QED) is 0.876. The van der Waals surface area contributed by atoms with Crippen LogP contribution in [0.15, 0.2) is 22.2 Å². The molecule has 114 valence electrons. The Bertz CT molecular complexity index is 529. The molecule has 0 amide bonds. The summed E-state index contributed by atoms with van der Waals surface area (Å²) in [5.74, 6) is 0. The summed E-state index contributed by atoms with van der Waals surface area (Å²) in [6, 6.07) is 2.83. The van der Waals surface area contributed by atoms with Crippen molar-refractivity contribution in [1.82, 2.24) is 15.2 Å². The van der Waals surface area contributed by atoms with E-state index in [4.69, 9.17) is 4.98 Å². The highest BCUT2D eigenvalue weighted by molar-refractivity contribution is 7.14. The first kappa shape index (κ1) is 15.2. The van der Waals surface area contributed by atoms with Crippen LogP contribution in [0.1, 0.15) is 31.9 Å². The summed E-state index contributed by atoms with van der Waals surface area (Å²) in [5.41, 5.74) is 2.48. The van der Waals surface area contributed by atoms with Gasteiger partial charge in [-0.2, -0.15) is 11.3 Å². The molecule has 3 heterocycles. The van der Waals surface area contributed by atoms with Crippen LogP contribution in [-0.2, 0) is 6.54 Å². The molecule has 2 aromatic heterocycles. The Morgan fingerprint density at radius 2 is 2.38 bits per heavy atom. The van der Waals surface area contributed by atoms with Gasteiger partial charge in [0.1, 0.15) is 5.01 Å². The fraction of sp³-hybridized carbons (Fsp3) is 0.562. The molecule has 1 aliphatic heterocycles. The highest BCUT2D eigenvalue weighted by Gasteiger charge is 2.21. The van der Waals surface area contributed by atoms with Gasteiger partial charge in [-0.1, -0.05) is 6.92 Å². The third kappa shape index (κ3) is 3.92. The van der Waals surface area contributed by atoms with Crippen molar-refractivity contribution in [3.63, 3.8) is 0 Å². The smallest absolute Gasteiger partial charge is 0.124 e. The first-order valence-electron chi connectivity index (χ1n) is 7.78. The lowest BCUT2D eigenvalue weighted by Gasteiger charge is -2.34. The minimum atomic E-state index is 0.671. The predicted octanol–water partition coefficient (Wildman–Crippen LogP) is 3.84. The molecule has 0 bridgehead atoms. The van der Waals surface area contributed by atoms with E-state index in [9.17, 15) is 0 Å². The van der Waals surface area contributed by atoms with Crippen LogP contribution in [0.5, 0.6) is 0 Å². The van der Waals surface area contributed by atoms with Gasteiger partial charge in [0.25, 0.3) is 0 Å². The zero-order valence-electron chi connectivity index (χ0n) is 12.5. The molecule has 1 atom stereocenters. The summed E-state index contributed by atoms with van der Waals surface area (Å²) in [6.07, 6.45) is 3.81. The second-order valence-electron chi connectivity index (χ2n) is 5.63. The molecular weight excluding hydrogens is 298 g/mol. The molecule has 0 aromatic carbocycles. The number of thiazole rings is 1. The summed E-state index contributed by atoms with van der Waals surface area (Å²) < 4.78 is 0. The van der Waals surface area contributed by atoms with Gasteiger partial charge in [0.15, 0.2) is 0 Å². The Morgan fingerprint density at radius 1 is 1.43 bits per heavy atom. The van der Waals surface area contributed by atoms with Crippen molar-refractivity contribution >= 4 is 22.7 Å². The van der Waals surface area contributed by atoms with Gasteiger partial charge in [0.2, 0.25) is 0 Å². The standard InChI is InChI=1S/C16H23N3S2/c1-2-7-19(15-4-3-6-17-9-15)10-14-12-21-16(18-14)13-5-8-20-11-13/h5,8,11-12,15,17H,2-4,6-7,9-10H2,1H3. The van der Waals surface area contributed by atoms with Gasteiger partial charge in [-0.15, -0.1) is 11.3 Å². The van der Waals surface area contributed by atoms with Crippen LogP contribution in [0.2, 0.25) is 0 Å². The van der Waals surface area contributed by atoms with E-state index in [-0.39, 0.29) is 0 Å². The van der Waals surface area contributed by atoms with Crippen LogP contribution in [-0.4, -0.2) is 35.6 Å². The minimum absolute atomic E-state index is 0.671. The second-order valence-corrected chi connectivity index (χ2v) is 7.26. The maximum atomic E-state index is 4.83. The van der Waals surface area contributed by atoms with E-state index in [0.717, 1.165) is 24.6 Å². The van der Waals surface area contributed by atoms with Crippen molar-refractivity contribution in [3.8, 4) is 10.6 Å². The Balaban J connectivity index is 1.67. The van der Waals surface area contributed by atoms with E-state index >= 15 is 0 Å².